The van der Waals surface area contributed by atoms with Crippen molar-refractivity contribution in [3.05, 3.63) is 35.9 Å². The normalized spacial score (nSPS) is 10.6. The zero-order valence-corrected chi connectivity index (χ0v) is 17.1. The summed E-state index contributed by atoms with van der Waals surface area (Å²) in [5.74, 6) is 0.881. The van der Waals surface area contributed by atoms with Gasteiger partial charge in [-0.1, -0.05) is 0 Å². The fourth-order valence-corrected chi connectivity index (χ4v) is 3.79. The number of thiazole rings is 1. The molecule has 8 heteroatoms. The number of carbonyl (C=O) groups is 2. The molecule has 0 saturated carbocycles. The summed E-state index contributed by atoms with van der Waals surface area (Å²) in [6.45, 7) is 1.44. The van der Waals surface area contributed by atoms with Crippen LogP contribution in [0.5, 0.6) is 11.5 Å². The Balaban J connectivity index is 2.18. The van der Waals surface area contributed by atoms with Crippen LogP contribution in [0.1, 0.15) is 17.3 Å². The zero-order chi connectivity index (χ0) is 20.4. The molecule has 146 valence electrons. The van der Waals surface area contributed by atoms with Gasteiger partial charge in [-0.2, -0.15) is 0 Å². The maximum Gasteiger partial charge on any atom is 0.253 e. The van der Waals surface area contributed by atoms with Gasteiger partial charge in [0.1, 0.15) is 5.01 Å². The van der Waals surface area contributed by atoms with Crippen LogP contribution in [0, 0.1) is 0 Å². The van der Waals surface area contributed by atoms with Crippen LogP contribution in [0.4, 0.5) is 5.69 Å². The number of ether oxygens (including phenoxy) is 2. The predicted molar refractivity (Wildman–Crippen MR) is 110 cm³/mol. The van der Waals surface area contributed by atoms with Crippen LogP contribution in [0.25, 0.3) is 20.8 Å². The monoisotopic (exact) mass is 399 g/mol. The molecule has 3 aromatic rings. The van der Waals surface area contributed by atoms with Gasteiger partial charge in [-0.15, -0.1) is 11.3 Å². The van der Waals surface area contributed by atoms with Gasteiger partial charge < -0.3 is 19.7 Å². The Morgan fingerprint density at radius 2 is 1.75 bits per heavy atom. The molecule has 0 aliphatic carbocycles. The number of nitrogens with one attached hydrogen (secondary N) is 1. The van der Waals surface area contributed by atoms with Crippen molar-refractivity contribution in [2.24, 2.45) is 0 Å². The van der Waals surface area contributed by atoms with Crippen LogP contribution in [-0.2, 0) is 4.79 Å². The van der Waals surface area contributed by atoms with E-state index in [1.165, 1.54) is 23.2 Å². The lowest BCUT2D eigenvalue weighted by atomic mass is 10.1. The summed E-state index contributed by atoms with van der Waals surface area (Å²) in [5.41, 5.74) is 2.54. The summed E-state index contributed by atoms with van der Waals surface area (Å²) in [5, 5.41) is 3.49. The molecule has 0 fully saturated rings. The summed E-state index contributed by atoms with van der Waals surface area (Å²) in [6, 6.07) is 8.83. The number of hydrogen-bond donors (Lipinski definition) is 1. The molecule has 0 atom stereocenters. The Hall–Kier alpha value is -3.13. The van der Waals surface area contributed by atoms with Crippen molar-refractivity contribution in [1.29, 1.82) is 0 Å². The summed E-state index contributed by atoms with van der Waals surface area (Å²) in [7, 11) is 6.54. The van der Waals surface area contributed by atoms with Crippen LogP contribution < -0.4 is 14.8 Å². The quantitative estimate of drug-likeness (QED) is 0.708. The van der Waals surface area contributed by atoms with E-state index in [0.29, 0.717) is 33.3 Å². The summed E-state index contributed by atoms with van der Waals surface area (Å²) in [4.78, 5) is 30.2. The molecule has 0 radical (unpaired) electrons. The van der Waals surface area contributed by atoms with Gasteiger partial charge in [-0.25, -0.2) is 4.98 Å². The minimum absolute atomic E-state index is 0.125. The Morgan fingerprint density at radius 3 is 2.36 bits per heavy atom. The third kappa shape index (κ3) is 3.77. The SMILES string of the molecule is COc1cc2nc(-c3cc(C(=O)N(C)C)ccc3NC(C)=O)sc2cc1OC. The number of hydrogen-bond acceptors (Lipinski definition) is 6. The minimum Gasteiger partial charge on any atom is -0.493 e. The molecule has 2 aromatic carbocycles. The minimum atomic E-state index is -0.197. The molecule has 3 rings (SSSR count). The first-order valence-electron chi connectivity index (χ1n) is 8.50. The molecule has 0 bridgehead atoms. The molecule has 0 spiro atoms. The van der Waals surface area contributed by atoms with Crippen LogP contribution in [-0.4, -0.2) is 50.0 Å². The van der Waals surface area contributed by atoms with E-state index in [9.17, 15) is 9.59 Å². The smallest absolute Gasteiger partial charge is 0.253 e. The number of benzene rings is 2. The van der Waals surface area contributed by atoms with Gasteiger partial charge in [0, 0.05) is 44.3 Å². The third-order valence-corrected chi connectivity index (χ3v) is 5.16. The van der Waals surface area contributed by atoms with Crippen molar-refractivity contribution in [1.82, 2.24) is 9.88 Å². The molecule has 0 saturated heterocycles. The van der Waals surface area contributed by atoms with Gasteiger partial charge >= 0.3 is 0 Å². The largest absolute Gasteiger partial charge is 0.493 e. The third-order valence-electron chi connectivity index (χ3n) is 4.11. The topological polar surface area (TPSA) is 80.8 Å². The highest BCUT2D eigenvalue weighted by Gasteiger charge is 2.17. The van der Waals surface area contributed by atoms with Crippen LogP contribution >= 0.6 is 11.3 Å². The van der Waals surface area contributed by atoms with E-state index in [-0.39, 0.29) is 11.8 Å². The van der Waals surface area contributed by atoms with Crippen molar-refractivity contribution in [3.8, 4) is 22.1 Å². The lowest BCUT2D eigenvalue weighted by molar-refractivity contribution is -0.114. The highest BCUT2D eigenvalue weighted by atomic mass is 32.1. The fraction of sp³-hybridized carbons (Fsp3) is 0.250. The molecular formula is C20H21N3O4S. The molecule has 2 amide bonds. The average molecular weight is 399 g/mol. The van der Waals surface area contributed by atoms with Crippen molar-refractivity contribution >= 4 is 39.1 Å². The van der Waals surface area contributed by atoms with E-state index in [1.54, 1.807) is 52.6 Å². The van der Waals surface area contributed by atoms with E-state index in [1.807, 2.05) is 6.07 Å². The lowest BCUT2D eigenvalue weighted by Gasteiger charge is -2.13. The lowest BCUT2D eigenvalue weighted by Crippen LogP contribution is -2.21. The Kier molecular flexibility index (Phi) is 5.51. The number of aromatic nitrogens is 1. The van der Waals surface area contributed by atoms with E-state index in [4.69, 9.17) is 9.47 Å². The molecule has 1 N–H and O–H groups in total. The van der Waals surface area contributed by atoms with E-state index >= 15 is 0 Å². The Labute approximate surface area is 166 Å². The maximum absolute atomic E-state index is 12.4. The second-order valence-electron chi connectivity index (χ2n) is 6.34. The molecular weight excluding hydrogens is 378 g/mol. The van der Waals surface area contributed by atoms with Gasteiger partial charge in [0.2, 0.25) is 5.91 Å². The van der Waals surface area contributed by atoms with Crippen molar-refractivity contribution in [3.63, 3.8) is 0 Å². The van der Waals surface area contributed by atoms with E-state index < -0.39 is 0 Å². The molecule has 0 unspecified atom stereocenters. The second kappa shape index (κ2) is 7.85. The van der Waals surface area contributed by atoms with Gasteiger partial charge in [-0.05, 0) is 18.2 Å². The predicted octanol–water partition coefficient (Wildman–Crippen LogP) is 3.64. The van der Waals surface area contributed by atoms with Crippen molar-refractivity contribution in [2.45, 2.75) is 6.92 Å². The standard InChI is InChI=1S/C20H21N3O4S/c1-11(24)21-14-7-6-12(20(25)23(2)3)8-13(14)19-22-15-9-16(26-4)17(27-5)10-18(15)28-19/h6-10H,1-5H3,(H,21,24). The maximum atomic E-state index is 12.4. The number of carbonyl (C=O) groups excluding carboxylic acids is 2. The number of rotatable bonds is 5. The zero-order valence-electron chi connectivity index (χ0n) is 16.3. The summed E-state index contributed by atoms with van der Waals surface area (Å²) >= 11 is 1.45. The van der Waals surface area contributed by atoms with Crippen LogP contribution in [0.3, 0.4) is 0 Å². The van der Waals surface area contributed by atoms with Gasteiger partial charge in [0.05, 0.1) is 30.1 Å². The molecule has 0 aliphatic rings. The van der Waals surface area contributed by atoms with E-state index in [0.717, 1.165) is 10.2 Å². The second-order valence-corrected chi connectivity index (χ2v) is 7.37. The average Bonchev–Trinajstić information content (AvgIpc) is 3.08. The van der Waals surface area contributed by atoms with Crippen molar-refractivity contribution < 1.29 is 19.1 Å². The van der Waals surface area contributed by atoms with E-state index in [2.05, 4.69) is 10.3 Å². The number of nitrogens with zero attached hydrogens (tertiary/aromatic N) is 2. The summed E-state index contributed by atoms with van der Waals surface area (Å²) in [6.07, 6.45) is 0. The van der Waals surface area contributed by atoms with Gasteiger partial charge in [0.25, 0.3) is 5.91 Å². The first-order chi connectivity index (χ1) is 13.3. The Bertz CT molecular complexity index is 1020. The van der Waals surface area contributed by atoms with Crippen LogP contribution in [0.2, 0.25) is 0 Å². The Morgan fingerprint density at radius 1 is 1.07 bits per heavy atom. The number of methoxy groups -OCH3 is 2. The highest BCUT2D eigenvalue weighted by molar-refractivity contribution is 7.21. The first-order valence-corrected chi connectivity index (χ1v) is 9.32. The summed E-state index contributed by atoms with van der Waals surface area (Å²) < 4.78 is 11.6. The molecule has 1 aromatic heterocycles. The molecule has 28 heavy (non-hydrogen) atoms. The molecule has 0 aliphatic heterocycles. The molecule has 1 heterocycles. The number of fused-ring (bicyclic) bond motifs is 1. The number of amides is 2. The molecule has 7 nitrogen and oxygen atoms in total. The van der Waals surface area contributed by atoms with Crippen molar-refractivity contribution in [2.75, 3.05) is 33.6 Å². The highest BCUT2D eigenvalue weighted by Crippen LogP contribution is 2.39. The first kappa shape index (κ1) is 19.6. The van der Waals surface area contributed by atoms with Gasteiger partial charge in [-0.3, -0.25) is 9.59 Å². The number of anilines is 1. The van der Waals surface area contributed by atoms with Crippen LogP contribution in [0.15, 0.2) is 30.3 Å². The van der Waals surface area contributed by atoms with Gasteiger partial charge in [0.15, 0.2) is 11.5 Å². The fourth-order valence-electron chi connectivity index (χ4n) is 2.78.